The SMILES string of the molecule is CCCCCC[C@@H](C)NC(=O)CSc1nnc2c(Cl)cc(Cl)cn12. The van der Waals surface area contributed by atoms with Crippen molar-refractivity contribution in [3.05, 3.63) is 22.3 Å². The minimum atomic E-state index is -0.00661. The van der Waals surface area contributed by atoms with Gasteiger partial charge in [0.05, 0.1) is 15.8 Å². The molecule has 8 heteroatoms. The quantitative estimate of drug-likeness (QED) is 0.503. The summed E-state index contributed by atoms with van der Waals surface area (Å²) in [6.45, 7) is 4.23. The summed E-state index contributed by atoms with van der Waals surface area (Å²) in [5.41, 5.74) is 0.535. The first kappa shape index (κ1) is 19.3. The number of thioether (sulfide) groups is 1. The fraction of sp³-hybridized carbons (Fsp3) is 0.562. The van der Waals surface area contributed by atoms with Crippen LogP contribution in [0, 0.1) is 0 Å². The van der Waals surface area contributed by atoms with Crippen molar-refractivity contribution in [2.24, 2.45) is 0 Å². The van der Waals surface area contributed by atoms with Crippen LogP contribution in [0.4, 0.5) is 0 Å². The molecular formula is C16H22Cl2N4OS. The Morgan fingerprint density at radius 3 is 2.88 bits per heavy atom. The van der Waals surface area contributed by atoms with Crippen LogP contribution in [0.3, 0.4) is 0 Å². The number of aromatic nitrogens is 3. The van der Waals surface area contributed by atoms with E-state index in [1.54, 1.807) is 16.7 Å². The van der Waals surface area contributed by atoms with Gasteiger partial charge in [-0.2, -0.15) is 0 Å². The van der Waals surface area contributed by atoms with Crippen molar-refractivity contribution in [2.75, 3.05) is 5.75 Å². The maximum atomic E-state index is 12.1. The van der Waals surface area contributed by atoms with Crippen LogP contribution in [-0.2, 0) is 4.79 Å². The number of halogens is 2. The highest BCUT2D eigenvalue weighted by Crippen LogP contribution is 2.25. The van der Waals surface area contributed by atoms with Crippen LogP contribution in [0.5, 0.6) is 0 Å². The Hall–Kier alpha value is -0.980. The number of pyridine rings is 1. The van der Waals surface area contributed by atoms with Gasteiger partial charge >= 0.3 is 0 Å². The number of carbonyl (C=O) groups is 1. The molecule has 2 aromatic heterocycles. The predicted molar refractivity (Wildman–Crippen MR) is 100 cm³/mol. The summed E-state index contributed by atoms with van der Waals surface area (Å²) in [5.74, 6) is 0.275. The van der Waals surface area contributed by atoms with Crippen LogP contribution in [-0.4, -0.2) is 32.3 Å². The molecule has 2 aromatic rings. The summed E-state index contributed by atoms with van der Waals surface area (Å²) >= 11 is 13.4. The molecule has 1 N–H and O–H groups in total. The molecule has 0 aromatic carbocycles. The van der Waals surface area contributed by atoms with E-state index in [2.05, 4.69) is 22.4 Å². The molecule has 1 amide bonds. The lowest BCUT2D eigenvalue weighted by molar-refractivity contribution is -0.119. The zero-order chi connectivity index (χ0) is 17.5. The molecule has 0 unspecified atom stereocenters. The van der Waals surface area contributed by atoms with Crippen molar-refractivity contribution < 1.29 is 4.79 Å². The Morgan fingerprint density at radius 1 is 1.33 bits per heavy atom. The molecule has 0 fully saturated rings. The third-order valence-electron chi connectivity index (χ3n) is 3.63. The number of nitrogens with zero attached hydrogens (tertiary/aromatic N) is 3. The average molecular weight is 389 g/mol. The van der Waals surface area contributed by atoms with E-state index >= 15 is 0 Å². The van der Waals surface area contributed by atoms with Crippen LogP contribution in [0.2, 0.25) is 10.0 Å². The predicted octanol–water partition coefficient (Wildman–Crippen LogP) is 4.60. The minimum absolute atomic E-state index is 0.00661. The number of unbranched alkanes of at least 4 members (excludes halogenated alkanes) is 3. The normalized spacial score (nSPS) is 12.5. The maximum absolute atomic E-state index is 12.1. The number of nitrogens with one attached hydrogen (secondary N) is 1. The van der Waals surface area contributed by atoms with E-state index in [1.807, 2.05) is 6.92 Å². The van der Waals surface area contributed by atoms with E-state index in [-0.39, 0.29) is 17.7 Å². The fourth-order valence-electron chi connectivity index (χ4n) is 2.40. The summed E-state index contributed by atoms with van der Waals surface area (Å²) < 4.78 is 1.71. The van der Waals surface area contributed by atoms with Gasteiger partial charge in [0.1, 0.15) is 0 Å². The Balaban J connectivity index is 1.84. The highest BCUT2D eigenvalue weighted by molar-refractivity contribution is 7.99. The summed E-state index contributed by atoms with van der Waals surface area (Å²) in [6, 6.07) is 1.81. The first-order valence-electron chi connectivity index (χ1n) is 8.13. The van der Waals surface area contributed by atoms with E-state index in [0.29, 0.717) is 20.8 Å². The lowest BCUT2D eigenvalue weighted by atomic mass is 10.1. The first-order valence-corrected chi connectivity index (χ1v) is 9.87. The lowest BCUT2D eigenvalue weighted by Crippen LogP contribution is -2.33. The smallest absolute Gasteiger partial charge is 0.230 e. The molecule has 132 valence electrons. The zero-order valence-electron chi connectivity index (χ0n) is 13.9. The molecule has 2 heterocycles. The number of hydrogen-bond acceptors (Lipinski definition) is 4. The summed E-state index contributed by atoms with van der Waals surface area (Å²) in [4.78, 5) is 12.1. The second-order valence-corrected chi connectivity index (χ2v) is 7.58. The maximum Gasteiger partial charge on any atom is 0.230 e. The molecule has 0 radical (unpaired) electrons. The van der Waals surface area contributed by atoms with Crippen LogP contribution in [0.1, 0.15) is 46.0 Å². The molecule has 0 aliphatic rings. The van der Waals surface area contributed by atoms with Gasteiger partial charge in [-0.25, -0.2) is 0 Å². The largest absolute Gasteiger partial charge is 0.353 e. The van der Waals surface area contributed by atoms with E-state index in [0.717, 1.165) is 12.8 Å². The Kier molecular flexibility index (Phi) is 7.65. The molecule has 0 saturated heterocycles. The van der Waals surface area contributed by atoms with Gasteiger partial charge in [0.15, 0.2) is 10.8 Å². The molecule has 0 bridgehead atoms. The van der Waals surface area contributed by atoms with Crippen LogP contribution in [0.15, 0.2) is 17.4 Å². The first-order chi connectivity index (χ1) is 11.5. The van der Waals surface area contributed by atoms with Gasteiger partial charge in [-0.15, -0.1) is 10.2 Å². The third kappa shape index (κ3) is 5.53. The van der Waals surface area contributed by atoms with Gasteiger partial charge in [0.25, 0.3) is 0 Å². The number of fused-ring (bicyclic) bond motifs is 1. The molecule has 0 spiro atoms. The highest BCUT2D eigenvalue weighted by atomic mass is 35.5. The van der Waals surface area contributed by atoms with E-state index in [1.165, 1.54) is 31.0 Å². The molecule has 0 aliphatic carbocycles. The Labute approximate surface area is 156 Å². The van der Waals surface area contributed by atoms with Crippen molar-refractivity contribution in [3.63, 3.8) is 0 Å². The zero-order valence-corrected chi connectivity index (χ0v) is 16.2. The molecule has 1 atom stereocenters. The second kappa shape index (κ2) is 9.49. The van der Waals surface area contributed by atoms with Crippen LogP contribution in [0.25, 0.3) is 5.65 Å². The monoisotopic (exact) mass is 388 g/mol. The van der Waals surface area contributed by atoms with Gasteiger partial charge in [0, 0.05) is 12.2 Å². The average Bonchev–Trinajstić information content (AvgIpc) is 2.93. The number of amides is 1. The molecule has 0 aliphatic heterocycles. The summed E-state index contributed by atoms with van der Waals surface area (Å²) in [7, 11) is 0. The molecule has 5 nitrogen and oxygen atoms in total. The van der Waals surface area contributed by atoms with Gasteiger partial charge < -0.3 is 5.32 Å². The minimum Gasteiger partial charge on any atom is -0.353 e. The molecule has 2 rings (SSSR count). The number of rotatable bonds is 9. The molecule has 0 saturated carbocycles. The van der Waals surface area contributed by atoms with Crippen molar-refractivity contribution in [1.29, 1.82) is 0 Å². The van der Waals surface area contributed by atoms with Crippen molar-refractivity contribution in [2.45, 2.75) is 57.1 Å². The van der Waals surface area contributed by atoms with Crippen LogP contribution < -0.4 is 5.32 Å². The summed E-state index contributed by atoms with van der Waals surface area (Å²) in [5, 5.41) is 12.7. The van der Waals surface area contributed by atoms with Gasteiger partial charge in [0.2, 0.25) is 5.91 Å². The fourth-order valence-corrected chi connectivity index (χ4v) is 3.63. The summed E-state index contributed by atoms with van der Waals surface area (Å²) in [6.07, 6.45) is 7.54. The standard InChI is InChI=1S/C16H22Cl2N4OS/c1-3-4-5-6-7-11(2)19-14(23)10-24-16-21-20-15-13(18)8-12(17)9-22(15)16/h8-9,11H,3-7,10H2,1-2H3,(H,19,23)/t11-/m1/s1. The van der Waals surface area contributed by atoms with Crippen molar-refractivity contribution in [3.8, 4) is 0 Å². The lowest BCUT2D eigenvalue weighted by Gasteiger charge is -2.13. The second-order valence-electron chi connectivity index (χ2n) is 5.79. The topological polar surface area (TPSA) is 59.3 Å². The van der Waals surface area contributed by atoms with Crippen molar-refractivity contribution >= 4 is 46.5 Å². The highest BCUT2D eigenvalue weighted by Gasteiger charge is 2.13. The Morgan fingerprint density at radius 2 is 2.12 bits per heavy atom. The van der Waals surface area contributed by atoms with Crippen LogP contribution >= 0.6 is 35.0 Å². The van der Waals surface area contributed by atoms with Crippen molar-refractivity contribution in [1.82, 2.24) is 19.9 Å². The third-order valence-corrected chi connectivity index (χ3v) is 5.05. The van der Waals surface area contributed by atoms with E-state index < -0.39 is 0 Å². The van der Waals surface area contributed by atoms with Gasteiger partial charge in [-0.1, -0.05) is 67.6 Å². The molecule has 24 heavy (non-hydrogen) atoms. The van der Waals surface area contributed by atoms with E-state index in [4.69, 9.17) is 23.2 Å². The number of hydrogen-bond donors (Lipinski definition) is 1. The number of carbonyl (C=O) groups excluding carboxylic acids is 1. The van der Waals surface area contributed by atoms with Gasteiger partial charge in [-0.3, -0.25) is 9.20 Å². The van der Waals surface area contributed by atoms with E-state index in [9.17, 15) is 4.79 Å². The molecular weight excluding hydrogens is 367 g/mol. The van der Waals surface area contributed by atoms with Gasteiger partial charge in [-0.05, 0) is 19.4 Å². The Bertz CT molecular complexity index is 692.